The van der Waals surface area contributed by atoms with Crippen molar-refractivity contribution in [3.8, 4) is 0 Å². The van der Waals surface area contributed by atoms with E-state index in [2.05, 4.69) is 5.32 Å². The van der Waals surface area contributed by atoms with Crippen LogP contribution in [-0.4, -0.2) is 62.2 Å². The second kappa shape index (κ2) is 10.7. The molecule has 1 N–H and O–H groups in total. The molecule has 0 atom stereocenters. The van der Waals surface area contributed by atoms with Crippen LogP contribution in [-0.2, 0) is 14.8 Å². The quantitative estimate of drug-likeness (QED) is 0.690. The summed E-state index contributed by atoms with van der Waals surface area (Å²) < 4.78 is 40.6. The minimum Gasteiger partial charge on any atom is -0.351 e. The molecule has 1 saturated heterocycles. The first kappa shape index (κ1) is 23.3. The van der Waals surface area contributed by atoms with Crippen LogP contribution < -0.4 is 5.32 Å². The lowest BCUT2D eigenvalue weighted by Crippen LogP contribution is -2.35. The van der Waals surface area contributed by atoms with Gasteiger partial charge in [-0.2, -0.15) is 4.31 Å². The second-order valence-corrected chi connectivity index (χ2v) is 8.97. The fourth-order valence-corrected chi connectivity index (χ4v) is 4.89. The number of nitrogens with zero attached hydrogens (tertiary/aromatic N) is 2. The van der Waals surface area contributed by atoms with Crippen molar-refractivity contribution in [2.24, 2.45) is 0 Å². The maximum Gasteiger partial charge on any atom is 0.254 e. The van der Waals surface area contributed by atoms with Crippen LogP contribution in [0, 0.1) is 5.82 Å². The van der Waals surface area contributed by atoms with Crippen LogP contribution in [0.15, 0.2) is 23.1 Å². The fourth-order valence-electron chi connectivity index (χ4n) is 3.41. The topological polar surface area (TPSA) is 86.8 Å². The Labute approximate surface area is 172 Å². The maximum atomic E-state index is 14.2. The molecule has 1 aromatic rings. The normalized spacial score (nSPS) is 15.2. The van der Waals surface area contributed by atoms with E-state index >= 15 is 0 Å². The van der Waals surface area contributed by atoms with Crippen LogP contribution in [0.5, 0.6) is 0 Å². The molecule has 1 aromatic carbocycles. The van der Waals surface area contributed by atoms with Crippen molar-refractivity contribution < 1.29 is 22.4 Å². The molecule has 1 fully saturated rings. The van der Waals surface area contributed by atoms with Gasteiger partial charge >= 0.3 is 0 Å². The number of carbonyl (C=O) groups excluding carboxylic acids is 2. The van der Waals surface area contributed by atoms with Gasteiger partial charge < -0.3 is 10.2 Å². The summed E-state index contributed by atoms with van der Waals surface area (Å²) in [5, 5.41) is 2.53. The fraction of sp³-hybridized carbons (Fsp3) is 0.600. The molecule has 2 rings (SSSR count). The van der Waals surface area contributed by atoms with Crippen molar-refractivity contribution in [2.75, 3.05) is 32.7 Å². The van der Waals surface area contributed by atoms with Crippen molar-refractivity contribution in [1.29, 1.82) is 0 Å². The number of rotatable bonds is 8. The third-order valence-electron chi connectivity index (χ3n) is 5.11. The highest BCUT2D eigenvalue weighted by Gasteiger charge is 2.24. The van der Waals surface area contributed by atoms with Gasteiger partial charge in [-0.1, -0.05) is 26.7 Å². The van der Waals surface area contributed by atoms with Crippen LogP contribution in [0.4, 0.5) is 4.39 Å². The molecular formula is C20H30FN3O4S. The van der Waals surface area contributed by atoms with Crippen molar-refractivity contribution >= 4 is 21.8 Å². The molecule has 0 unspecified atom stereocenters. The van der Waals surface area contributed by atoms with E-state index in [4.69, 9.17) is 0 Å². The van der Waals surface area contributed by atoms with Gasteiger partial charge in [0.05, 0.1) is 10.5 Å². The molecule has 0 spiro atoms. The highest BCUT2D eigenvalue weighted by molar-refractivity contribution is 7.89. The Morgan fingerprint density at radius 3 is 2.31 bits per heavy atom. The zero-order chi connectivity index (χ0) is 21.4. The number of halogens is 1. The van der Waals surface area contributed by atoms with Gasteiger partial charge in [0.1, 0.15) is 5.82 Å². The van der Waals surface area contributed by atoms with Gasteiger partial charge in [0.25, 0.3) is 5.91 Å². The molecule has 1 heterocycles. The second-order valence-electron chi connectivity index (χ2n) is 7.03. The minimum absolute atomic E-state index is 0.0365. The molecule has 0 saturated carbocycles. The highest BCUT2D eigenvalue weighted by Crippen LogP contribution is 2.19. The Kier molecular flexibility index (Phi) is 8.58. The zero-order valence-corrected chi connectivity index (χ0v) is 17.9. The average Bonchev–Trinajstić information content (AvgIpc) is 2.98. The van der Waals surface area contributed by atoms with E-state index in [0.717, 1.165) is 57.0 Å². The monoisotopic (exact) mass is 427 g/mol. The molecule has 162 valence electrons. The summed E-state index contributed by atoms with van der Waals surface area (Å²) in [5.74, 6) is -1.58. The van der Waals surface area contributed by atoms with E-state index in [1.54, 1.807) is 18.7 Å². The smallest absolute Gasteiger partial charge is 0.254 e. The number of nitrogens with one attached hydrogen (secondary N) is 1. The Balaban J connectivity index is 2.02. The molecule has 7 nitrogen and oxygen atoms in total. The van der Waals surface area contributed by atoms with E-state index in [9.17, 15) is 22.4 Å². The number of sulfonamides is 1. The van der Waals surface area contributed by atoms with E-state index in [0.29, 0.717) is 0 Å². The number of hydrogen-bond acceptors (Lipinski definition) is 4. The molecule has 0 radical (unpaired) electrons. The summed E-state index contributed by atoms with van der Waals surface area (Å²) in [4.78, 5) is 26.3. The lowest BCUT2D eigenvalue weighted by atomic mass is 10.2. The molecule has 29 heavy (non-hydrogen) atoms. The summed E-state index contributed by atoms with van der Waals surface area (Å²) in [5.41, 5.74) is -0.347. The summed E-state index contributed by atoms with van der Waals surface area (Å²) in [6.45, 7) is 5.49. The van der Waals surface area contributed by atoms with Gasteiger partial charge in [0.2, 0.25) is 15.9 Å². The predicted molar refractivity (Wildman–Crippen MR) is 109 cm³/mol. The number of hydrogen-bond donors (Lipinski definition) is 1. The van der Waals surface area contributed by atoms with Crippen LogP contribution in [0.3, 0.4) is 0 Å². The standard InChI is InChI=1S/C20H30FN3O4S/c1-3-24(4-2)29(27,28)16-9-10-18(21)17(15-16)20(26)22-12-11-19(25)23-13-7-5-6-8-14-23/h9-10,15H,3-8,11-14H2,1-2H3,(H,22,26). The van der Waals surface area contributed by atoms with E-state index in [-0.39, 0.29) is 42.4 Å². The number of likely N-dealkylation sites (tertiary alicyclic amines) is 1. The van der Waals surface area contributed by atoms with Crippen LogP contribution in [0.1, 0.15) is 56.3 Å². The molecule has 0 aliphatic carbocycles. The van der Waals surface area contributed by atoms with Gasteiger partial charge in [-0.15, -0.1) is 0 Å². The van der Waals surface area contributed by atoms with E-state index in [1.807, 2.05) is 0 Å². The van der Waals surface area contributed by atoms with Crippen molar-refractivity contribution in [3.05, 3.63) is 29.6 Å². The summed E-state index contributed by atoms with van der Waals surface area (Å²) in [7, 11) is -3.80. The summed E-state index contributed by atoms with van der Waals surface area (Å²) >= 11 is 0. The van der Waals surface area contributed by atoms with Gasteiger partial charge in [-0.3, -0.25) is 9.59 Å². The first-order valence-electron chi connectivity index (χ1n) is 10.2. The van der Waals surface area contributed by atoms with E-state index < -0.39 is 21.7 Å². The lowest BCUT2D eigenvalue weighted by molar-refractivity contribution is -0.131. The Hall–Kier alpha value is -2.00. The van der Waals surface area contributed by atoms with Crippen molar-refractivity contribution in [3.63, 3.8) is 0 Å². The Bertz CT molecular complexity index is 817. The SMILES string of the molecule is CCN(CC)S(=O)(=O)c1ccc(F)c(C(=O)NCCC(=O)N2CCCCCC2)c1. The van der Waals surface area contributed by atoms with Crippen LogP contribution in [0.25, 0.3) is 0 Å². The Morgan fingerprint density at radius 2 is 1.72 bits per heavy atom. The number of benzene rings is 1. The predicted octanol–water partition coefficient (Wildman–Crippen LogP) is 2.38. The van der Waals surface area contributed by atoms with Gasteiger partial charge in [0, 0.05) is 39.1 Å². The third kappa shape index (κ3) is 5.99. The lowest BCUT2D eigenvalue weighted by Gasteiger charge is -2.20. The highest BCUT2D eigenvalue weighted by atomic mass is 32.2. The number of carbonyl (C=O) groups is 2. The first-order chi connectivity index (χ1) is 13.8. The molecule has 1 aliphatic heterocycles. The van der Waals surface area contributed by atoms with Crippen LogP contribution in [0.2, 0.25) is 0 Å². The Morgan fingerprint density at radius 1 is 1.10 bits per heavy atom. The minimum atomic E-state index is -3.80. The van der Waals surface area contributed by atoms with E-state index in [1.165, 1.54) is 4.31 Å². The molecule has 1 aliphatic rings. The third-order valence-corrected chi connectivity index (χ3v) is 7.15. The summed E-state index contributed by atoms with van der Waals surface area (Å²) in [6.07, 6.45) is 4.33. The molecule has 0 bridgehead atoms. The maximum absolute atomic E-state index is 14.2. The first-order valence-corrected chi connectivity index (χ1v) is 11.6. The van der Waals surface area contributed by atoms with Gasteiger partial charge in [-0.25, -0.2) is 12.8 Å². The molecular weight excluding hydrogens is 397 g/mol. The average molecular weight is 428 g/mol. The summed E-state index contributed by atoms with van der Waals surface area (Å²) in [6, 6.07) is 3.19. The van der Waals surface area contributed by atoms with Gasteiger partial charge in [-0.05, 0) is 31.0 Å². The molecule has 0 aromatic heterocycles. The van der Waals surface area contributed by atoms with Crippen molar-refractivity contribution in [2.45, 2.75) is 50.8 Å². The van der Waals surface area contributed by atoms with Gasteiger partial charge in [0.15, 0.2) is 0 Å². The van der Waals surface area contributed by atoms with Crippen LogP contribution >= 0.6 is 0 Å². The van der Waals surface area contributed by atoms with Crippen molar-refractivity contribution in [1.82, 2.24) is 14.5 Å². The molecule has 2 amide bonds. The zero-order valence-electron chi connectivity index (χ0n) is 17.1. The largest absolute Gasteiger partial charge is 0.351 e. The number of amides is 2. The molecule has 9 heteroatoms.